The smallest absolute Gasteiger partial charge is 0.257 e. The molecule has 1 saturated carbocycles. The highest BCUT2D eigenvalue weighted by Gasteiger charge is 2.56. The van der Waals surface area contributed by atoms with Crippen molar-refractivity contribution in [3.8, 4) is 6.07 Å². The van der Waals surface area contributed by atoms with Gasteiger partial charge in [0, 0.05) is 20.1 Å². The Labute approximate surface area is 233 Å². The molecule has 1 aliphatic heterocycles. The van der Waals surface area contributed by atoms with Crippen molar-refractivity contribution in [1.29, 1.82) is 5.26 Å². The maximum atomic E-state index is 16.1. The molecule has 0 aromatic heterocycles. The zero-order valence-corrected chi connectivity index (χ0v) is 23.1. The molecule has 0 bridgehead atoms. The lowest BCUT2D eigenvalue weighted by molar-refractivity contribution is -0.122. The van der Waals surface area contributed by atoms with Crippen molar-refractivity contribution in [2.45, 2.75) is 32.0 Å². The molecule has 3 aromatic carbocycles. The van der Waals surface area contributed by atoms with Crippen molar-refractivity contribution in [3.63, 3.8) is 0 Å². The average molecular weight is 600 g/mol. The Morgan fingerprint density at radius 2 is 1.84 bits per heavy atom. The number of hydrogen-bond acceptors (Lipinski definition) is 3. The van der Waals surface area contributed by atoms with E-state index >= 15 is 4.39 Å². The Bertz CT molecular complexity index is 1480. The van der Waals surface area contributed by atoms with E-state index < -0.39 is 22.9 Å². The fourth-order valence-electron chi connectivity index (χ4n) is 4.68. The number of rotatable bonds is 7. The molecule has 1 atom stereocenters. The van der Waals surface area contributed by atoms with Gasteiger partial charge in [0.15, 0.2) is 5.72 Å². The van der Waals surface area contributed by atoms with Crippen molar-refractivity contribution in [2.24, 2.45) is 5.41 Å². The lowest BCUT2D eigenvalue weighted by Gasteiger charge is -2.40. The number of halogens is 4. The third kappa shape index (κ3) is 4.49. The summed E-state index contributed by atoms with van der Waals surface area (Å²) in [5.74, 6) is -0.978. The fourth-order valence-corrected chi connectivity index (χ4v) is 5.62. The van der Waals surface area contributed by atoms with Crippen LogP contribution in [0.2, 0.25) is 10.0 Å². The number of ether oxygens (including phenoxy) is 1. The van der Waals surface area contributed by atoms with Gasteiger partial charge in [-0.25, -0.2) is 4.39 Å². The molecule has 2 aliphatic rings. The van der Waals surface area contributed by atoms with Crippen molar-refractivity contribution in [3.05, 3.63) is 109 Å². The summed E-state index contributed by atoms with van der Waals surface area (Å²) in [5, 5.41) is 10.8. The fraction of sp³-hybridized carbons (Fsp3) is 0.241. The van der Waals surface area contributed by atoms with Crippen LogP contribution in [0.25, 0.3) is 5.57 Å². The number of amides is 1. The second-order valence-corrected chi connectivity index (χ2v) is 11.3. The molecule has 1 heterocycles. The predicted octanol–water partition coefficient (Wildman–Crippen LogP) is 8.11. The topological polar surface area (TPSA) is 53.3 Å². The lowest BCUT2D eigenvalue weighted by Crippen LogP contribution is -2.47. The van der Waals surface area contributed by atoms with E-state index in [1.807, 2.05) is 6.07 Å². The Morgan fingerprint density at radius 1 is 1.16 bits per heavy atom. The van der Waals surface area contributed by atoms with E-state index in [2.05, 4.69) is 28.6 Å². The zero-order chi connectivity index (χ0) is 26.5. The van der Waals surface area contributed by atoms with E-state index in [-0.39, 0.29) is 24.3 Å². The monoisotopic (exact) mass is 598 g/mol. The number of carbonyl (C=O) groups is 1. The number of nitrogens with zero attached hydrogens (tertiary/aromatic N) is 2. The second kappa shape index (κ2) is 9.56. The number of carbonyl (C=O) groups excluding carboxylic acids is 1. The van der Waals surface area contributed by atoms with Crippen LogP contribution in [0, 0.1) is 22.6 Å². The summed E-state index contributed by atoms with van der Waals surface area (Å²) in [6.07, 6.45) is 1.36. The summed E-state index contributed by atoms with van der Waals surface area (Å²) in [7, 11) is 0. The van der Waals surface area contributed by atoms with Gasteiger partial charge in [-0.15, -0.1) is 0 Å². The highest BCUT2D eigenvalue weighted by Crippen LogP contribution is 2.52. The van der Waals surface area contributed by atoms with Crippen LogP contribution in [0.1, 0.15) is 52.4 Å². The summed E-state index contributed by atoms with van der Waals surface area (Å²) < 4.78 is 23.4. The Morgan fingerprint density at radius 3 is 2.43 bits per heavy atom. The largest absolute Gasteiger partial charge is 0.345 e. The van der Waals surface area contributed by atoms with Gasteiger partial charge in [-0.2, -0.15) is 5.26 Å². The molecule has 188 valence electrons. The van der Waals surface area contributed by atoms with Crippen LogP contribution >= 0.6 is 39.1 Å². The molecule has 0 saturated heterocycles. The van der Waals surface area contributed by atoms with Crippen LogP contribution in [0.4, 0.5) is 4.39 Å². The van der Waals surface area contributed by atoms with Crippen molar-refractivity contribution in [1.82, 2.24) is 4.90 Å². The molecule has 5 rings (SSSR count). The Kier molecular flexibility index (Phi) is 6.70. The minimum absolute atomic E-state index is 0.0405. The van der Waals surface area contributed by atoms with Crippen LogP contribution in [-0.2, 0) is 17.0 Å². The van der Waals surface area contributed by atoms with Gasteiger partial charge in [-0.1, -0.05) is 69.5 Å². The van der Waals surface area contributed by atoms with E-state index in [0.717, 1.165) is 5.56 Å². The highest BCUT2D eigenvalue weighted by atomic mass is 79.9. The molecule has 1 amide bonds. The van der Waals surface area contributed by atoms with Gasteiger partial charge in [0.05, 0.1) is 35.8 Å². The van der Waals surface area contributed by atoms with Gasteiger partial charge in [0.25, 0.3) is 5.91 Å². The van der Waals surface area contributed by atoms with Crippen LogP contribution in [-0.4, -0.2) is 17.4 Å². The number of allylic oxidation sites excluding steroid dienone is 1. The van der Waals surface area contributed by atoms with E-state index in [1.165, 1.54) is 11.0 Å². The lowest BCUT2D eigenvalue weighted by atomic mass is 9.90. The van der Waals surface area contributed by atoms with Gasteiger partial charge in [0.2, 0.25) is 0 Å². The highest BCUT2D eigenvalue weighted by molar-refractivity contribution is 9.10. The minimum atomic E-state index is -1.62. The number of nitriles is 1. The molecular formula is C29H22BrCl2FN2O2. The third-order valence-electron chi connectivity index (χ3n) is 7.00. The van der Waals surface area contributed by atoms with Gasteiger partial charge in [-0.05, 0) is 67.3 Å². The summed E-state index contributed by atoms with van der Waals surface area (Å²) in [5.41, 5.74) is 0.474. The quantitative estimate of drug-likeness (QED) is 0.276. The molecule has 0 spiro atoms. The first-order valence-corrected chi connectivity index (χ1v) is 13.2. The molecule has 1 unspecified atom stereocenters. The molecule has 1 fully saturated rings. The number of fused-ring (bicyclic) bond motifs is 1. The van der Waals surface area contributed by atoms with Gasteiger partial charge in [-0.3, -0.25) is 9.69 Å². The van der Waals surface area contributed by atoms with Crippen molar-refractivity contribution in [2.75, 3.05) is 6.61 Å². The van der Waals surface area contributed by atoms with Gasteiger partial charge >= 0.3 is 0 Å². The standard InChI is InChI=1S/C29H22BrCl2FN2O2/c1-17(2)19-11-23-26(25(33)12-19)29(20-4-7-21(31)8-5-20,37-16-28(15-34)9-10-28)35(27(23)36)14-18-3-6-22(32)13-24(18)30/h3-8,11-13H,1,9-10,14,16H2,2H3. The van der Waals surface area contributed by atoms with Crippen molar-refractivity contribution >= 4 is 50.6 Å². The average Bonchev–Trinajstić information content (AvgIpc) is 3.61. The molecule has 3 aromatic rings. The first-order valence-electron chi connectivity index (χ1n) is 11.7. The third-order valence-corrected chi connectivity index (χ3v) is 8.23. The summed E-state index contributed by atoms with van der Waals surface area (Å²) >= 11 is 15.9. The van der Waals surface area contributed by atoms with Crippen LogP contribution in [0.3, 0.4) is 0 Å². The maximum absolute atomic E-state index is 16.1. The molecule has 0 radical (unpaired) electrons. The van der Waals surface area contributed by atoms with E-state index in [9.17, 15) is 10.1 Å². The Balaban J connectivity index is 1.76. The summed E-state index contributed by atoms with van der Waals surface area (Å²) in [6.45, 7) is 5.82. The van der Waals surface area contributed by atoms with Crippen molar-refractivity contribution < 1.29 is 13.9 Å². The molecule has 0 N–H and O–H groups in total. The molecule has 4 nitrogen and oxygen atoms in total. The first kappa shape index (κ1) is 25.9. The molecule has 8 heteroatoms. The van der Waals surface area contributed by atoms with Crippen LogP contribution < -0.4 is 0 Å². The molecule has 1 aliphatic carbocycles. The Hall–Kier alpha value is -2.69. The van der Waals surface area contributed by atoms with Gasteiger partial charge in [0.1, 0.15) is 5.82 Å². The van der Waals surface area contributed by atoms with E-state index in [1.54, 1.807) is 49.4 Å². The zero-order valence-electron chi connectivity index (χ0n) is 20.0. The SMILES string of the molecule is C=C(C)c1cc(F)c2c(c1)C(=O)N(Cc1ccc(Cl)cc1Br)C2(OCC1(C#N)CC1)c1ccc(Cl)cc1. The minimum Gasteiger partial charge on any atom is -0.345 e. The van der Waals surface area contributed by atoms with Crippen LogP contribution in [0.5, 0.6) is 0 Å². The summed E-state index contributed by atoms with van der Waals surface area (Å²) in [4.78, 5) is 15.6. The second-order valence-electron chi connectivity index (χ2n) is 9.62. The van der Waals surface area contributed by atoms with E-state index in [0.29, 0.717) is 44.1 Å². The molecule has 37 heavy (non-hydrogen) atoms. The number of hydrogen-bond donors (Lipinski definition) is 0. The van der Waals surface area contributed by atoms with E-state index in [4.69, 9.17) is 27.9 Å². The maximum Gasteiger partial charge on any atom is 0.257 e. The molecular weight excluding hydrogens is 578 g/mol. The summed E-state index contributed by atoms with van der Waals surface area (Å²) in [6, 6.07) is 17.5. The number of benzene rings is 3. The normalized spacial score (nSPS) is 19.5. The first-order chi connectivity index (χ1) is 17.6. The van der Waals surface area contributed by atoms with Crippen LogP contribution in [0.15, 0.2) is 65.6 Å². The van der Waals surface area contributed by atoms with Gasteiger partial charge < -0.3 is 4.74 Å². The predicted molar refractivity (Wildman–Crippen MR) is 146 cm³/mol.